The summed E-state index contributed by atoms with van der Waals surface area (Å²) in [6, 6.07) is 13.8. The number of carbonyl (C=O) groups excluding carboxylic acids is 3. The molecular formula is C35H51N5O6S. The molecule has 0 fully saturated rings. The van der Waals surface area contributed by atoms with Crippen molar-refractivity contribution in [2.45, 2.75) is 85.4 Å². The van der Waals surface area contributed by atoms with Crippen LogP contribution in [0, 0.1) is 0 Å². The molecule has 0 saturated carbocycles. The SMILES string of the molecule is CCNC(=O)NN(C)CC(=O)N[C@@H](Cc1ccc(OC(C)(C)C)cc1)C(=O)N(Cc1csc2ccccc12)[C@@H](C)C(OCC)OCC. The van der Waals surface area contributed by atoms with E-state index in [-0.39, 0.29) is 24.5 Å². The van der Waals surface area contributed by atoms with Crippen molar-refractivity contribution in [1.29, 1.82) is 0 Å². The molecule has 0 radical (unpaired) electrons. The number of rotatable bonds is 17. The van der Waals surface area contributed by atoms with Gasteiger partial charge in [0, 0.05) is 44.5 Å². The third-order valence-corrected chi connectivity index (χ3v) is 8.18. The van der Waals surface area contributed by atoms with Crippen molar-refractivity contribution in [2.75, 3.05) is 33.4 Å². The fourth-order valence-electron chi connectivity index (χ4n) is 5.11. The van der Waals surface area contributed by atoms with Crippen molar-refractivity contribution in [2.24, 2.45) is 0 Å². The third kappa shape index (κ3) is 11.8. The van der Waals surface area contributed by atoms with Crippen LogP contribution in [0.1, 0.15) is 59.6 Å². The van der Waals surface area contributed by atoms with Crippen molar-refractivity contribution >= 4 is 39.3 Å². The molecule has 4 amide bonds. The normalized spacial score (nSPS) is 13.0. The quantitative estimate of drug-likeness (QED) is 0.135. The molecule has 2 aromatic carbocycles. The van der Waals surface area contributed by atoms with E-state index < -0.39 is 30.3 Å². The van der Waals surface area contributed by atoms with Crippen LogP contribution in [0.5, 0.6) is 5.75 Å². The van der Waals surface area contributed by atoms with Gasteiger partial charge in [0.05, 0.1) is 12.6 Å². The molecule has 47 heavy (non-hydrogen) atoms. The van der Waals surface area contributed by atoms with Crippen molar-refractivity contribution in [3.8, 4) is 5.75 Å². The second-order valence-electron chi connectivity index (χ2n) is 12.3. The van der Waals surface area contributed by atoms with E-state index in [0.717, 1.165) is 21.2 Å². The summed E-state index contributed by atoms with van der Waals surface area (Å²) < 4.78 is 19.0. The number of hydrazine groups is 1. The van der Waals surface area contributed by atoms with Gasteiger partial charge >= 0.3 is 6.03 Å². The minimum atomic E-state index is -0.925. The lowest BCUT2D eigenvalue weighted by Crippen LogP contribution is -2.56. The van der Waals surface area contributed by atoms with Crippen LogP contribution in [0.2, 0.25) is 0 Å². The topological polar surface area (TPSA) is 121 Å². The molecule has 1 heterocycles. The van der Waals surface area contributed by atoms with Gasteiger partial charge in [-0.15, -0.1) is 11.3 Å². The molecule has 0 bridgehead atoms. The predicted octanol–water partition coefficient (Wildman–Crippen LogP) is 5.09. The molecule has 3 N–H and O–H groups in total. The zero-order valence-corrected chi connectivity index (χ0v) is 29.7. The van der Waals surface area contributed by atoms with Gasteiger partial charge in [0.2, 0.25) is 11.8 Å². The molecule has 3 rings (SSSR count). The molecular weight excluding hydrogens is 618 g/mol. The highest BCUT2D eigenvalue weighted by molar-refractivity contribution is 7.17. The number of amides is 4. The number of ether oxygens (including phenoxy) is 3. The Labute approximate surface area is 282 Å². The molecule has 0 saturated heterocycles. The summed E-state index contributed by atoms with van der Waals surface area (Å²) in [7, 11) is 1.59. The van der Waals surface area contributed by atoms with Gasteiger partial charge in [-0.05, 0) is 88.6 Å². The second kappa shape index (κ2) is 18.0. The summed E-state index contributed by atoms with van der Waals surface area (Å²) in [5.74, 6) is 0.0112. The van der Waals surface area contributed by atoms with Crippen molar-refractivity contribution in [1.82, 2.24) is 26.0 Å². The fraction of sp³-hybridized carbons (Fsp3) is 0.514. The van der Waals surface area contributed by atoms with Crippen LogP contribution in [0.15, 0.2) is 53.9 Å². The molecule has 0 aliphatic carbocycles. The molecule has 0 spiro atoms. The molecule has 12 heteroatoms. The molecule has 1 aromatic heterocycles. The highest BCUT2D eigenvalue weighted by Gasteiger charge is 2.34. The highest BCUT2D eigenvalue weighted by atomic mass is 32.1. The smallest absolute Gasteiger partial charge is 0.329 e. The standard InChI is InChI=1S/C35H51N5O6S/c1-9-36-34(43)38-39(8)22-31(41)37-29(20-25-16-18-27(19-17-25)46-35(5,6)7)32(42)40(24(4)33(44-10-2)45-11-3)21-26-23-47-30-15-13-12-14-28(26)30/h12-19,23-24,29,33H,9-11,20-22H2,1-8H3,(H,37,41)(H2,36,38,43)/t24-,29-/m0/s1. The van der Waals surface area contributed by atoms with E-state index in [2.05, 4.69) is 33.6 Å². The van der Waals surface area contributed by atoms with E-state index in [1.807, 2.05) is 77.9 Å². The zero-order chi connectivity index (χ0) is 34.6. The Hall–Kier alpha value is -3.71. The van der Waals surface area contributed by atoms with Gasteiger partial charge < -0.3 is 29.7 Å². The van der Waals surface area contributed by atoms with E-state index in [9.17, 15) is 14.4 Å². The Morgan fingerprint density at radius 2 is 1.62 bits per heavy atom. The first-order valence-corrected chi connectivity index (χ1v) is 17.0. The molecule has 0 aliphatic rings. The van der Waals surface area contributed by atoms with Crippen molar-refractivity contribution in [3.63, 3.8) is 0 Å². The maximum absolute atomic E-state index is 14.7. The van der Waals surface area contributed by atoms with E-state index >= 15 is 0 Å². The Bertz CT molecular complexity index is 1430. The number of hydrogen-bond donors (Lipinski definition) is 3. The molecule has 2 atom stereocenters. The minimum absolute atomic E-state index is 0.162. The highest BCUT2D eigenvalue weighted by Crippen LogP contribution is 2.28. The summed E-state index contributed by atoms with van der Waals surface area (Å²) in [4.78, 5) is 41.8. The molecule has 3 aromatic rings. The van der Waals surface area contributed by atoms with Crippen LogP contribution < -0.4 is 20.8 Å². The van der Waals surface area contributed by atoms with Crippen LogP contribution in [0.3, 0.4) is 0 Å². The monoisotopic (exact) mass is 669 g/mol. The van der Waals surface area contributed by atoms with Crippen LogP contribution in [0.4, 0.5) is 4.79 Å². The van der Waals surface area contributed by atoms with Crippen LogP contribution in [-0.2, 0) is 32.0 Å². The van der Waals surface area contributed by atoms with Crippen LogP contribution in [0.25, 0.3) is 10.1 Å². The maximum Gasteiger partial charge on any atom is 0.329 e. The van der Waals surface area contributed by atoms with E-state index in [1.165, 1.54) is 5.01 Å². The average molecular weight is 670 g/mol. The van der Waals surface area contributed by atoms with Crippen LogP contribution in [-0.4, -0.2) is 85.1 Å². The van der Waals surface area contributed by atoms with E-state index in [0.29, 0.717) is 32.1 Å². The molecule has 258 valence electrons. The summed E-state index contributed by atoms with van der Waals surface area (Å²) in [6.07, 6.45) is -0.438. The summed E-state index contributed by atoms with van der Waals surface area (Å²) in [5.41, 5.74) is 4.08. The van der Waals surface area contributed by atoms with E-state index in [4.69, 9.17) is 14.2 Å². The van der Waals surface area contributed by atoms with Gasteiger partial charge in [0.15, 0.2) is 6.29 Å². The van der Waals surface area contributed by atoms with Gasteiger partial charge in [-0.2, -0.15) is 0 Å². The predicted molar refractivity (Wildman–Crippen MR) is 186 cm³/mol. The Balaban J connectivity index is 1.96. The number of hydrogen-bond acceptors (Lipinski definition) is 8. The number of likely N-dealkylation sites (N-methyl/N-ethyl adjacent to an activating group) is 1. The van der Waals surface area contributed by atoms with Gasteiger partial charge in [-0.3, -0.25) is 15.0 Å². The van der Waals surface area contributed by atoms with E-state index in [1.54, 1.807) is 30.2 Å². The Kier molecular flexibility index (Phi) is 14.5. The minimum Gasteiger partial charge on any atom is -0.488 e. The number of urea groups is 1. The number of nitrogens with one attached hydrogen (secondary N) is 3. The average Bonchev–Trinajstić information content (AvgIpc) is 3.41. The zero-order valence-electron chi connectivity index (χ0n) is 28.9. The lowest BCUT2D eigenvalue weighted by atomic mass is 10.0. The summed E-state index contributed by atoms with van der Waals surface area (Å²) >= 11 is 1.62. The molecule has 0 aliphatic heterocycles. The first kappa shape index (κ1) is 37.7. The largest absolute Gasteiger partial charge is 0.488 e. The molecule has 11 nitrogen and oxygen atoms in total. The number of thiophene rings is 1. The lowest BCUT2D eigenvalue weighted by Gasteiger charge is -2.36. The van der Waals surface area contributed by atoms with Crippen molar-refractivity contribution < 1.29 is 28.6 Å². The van der Waals surface area contributed by atoms with Crippen molar-refractivity contribution in [3.05, 3.63) is 65.0 Å². The van der Waals surface area contributed by atoms with Crippen LogP contribution >= 0.6 is 11.3 Å². The lowest BCUT2D eigenvalue weighted by molar-refractivity contribution is -0.179. The van der Waals surface area contributed by atoms with Gasteiger partial charge in [-0.1, -0.05) is 30.3 Å². The Morgan fingerprint density at radius 3 is 2.23 bits per heavy atom. The van der Waals surface area contributed by atoms with Gasteiger partial charge in [0.25, 0.3) is 0 Å². The molecule has 0 unspecified atom stereocenters. The first-order chi connectivity index (χ1) is 22.3. The number of nitrogens with zero attached hydrogens (tertiary/aromatic N) is 2. The fourth-order valence-corrected chi connectivity index (χ4v) is 6.07. The third-order valence-electron chi connectivity index (χ3n) is 7.16. The van der Waals surface area contributed by atoms with Gasteiger partial charge in [-0.25, -0.2) is 9.80 Å². The summed E-state index contributed by atoms with van der Waals surface area (Å²) in [6.45, 7) is 14.8. The number of carbonyl (C=O) groups is 3. The Morgan fingerprint density at radius 1 is 0.957 bits per heavy atom. The second-order valence-corrected chi connectivity index (χ2v) is 13.2. The first-order valence-electron chi connectivity index (χ1n) is 16.2. The van der Waals surface area contributed by atoms with Gasteiger partial charge in [0.1, 0.15) is 17.4 Å². The number of benzene rings is 2. The maximum atomic E-state index is 14.7. The summed E-state index contributed by atoms with van der Waals surface area (Å²) in [5, 5.41) is 10.1. The number of fused-ring (bicyclic) bond motifs is 1.